The van der Waals surface area contributed by atoms with E-state index in [1.54, 1.807) is 0 Å². The highest BCUT2D eigenvalue weighted by atomic mass is 35.5. The number of hydrogen-bond acceptors (Lipinski definition) is 10. The zero-order valence-electron chi connectivity index (χ0n) is 13.8. The quantitative estimate of drug-likeness (QED) is 0.240. The first-order chi connectivity index (χ1) is 12.1. The Balaban J connectivity index is 1.85. The average Bonchev–Trinajstić information content (AvgIpc) is 2.73. The first kappa shape index (κ1) is 20.2. The van der Waals surface area contributed by atoms with Gasteiger partial charge in [0, 0.05) is 0 Å². The van der Waals surface area contributed by atoms with Crippen LogP contribution in [0.3, 0.4) is 0 Å². The third-order valence-corrected chi connectivity index (χ3v) is 6.05. The van der Waals surface area contributed by atoms with Crippen molar-refractivity contribution in [3.05, 3.63) is 12.3 Å². The van der Waals surface area contributed by atoms with E-state index in [4.69, 9.17) is 25.8 Å². The van der Waals surface area contributed by atoms with Crippen molar-refractivity contribution in [1.82, 2.24) is 0 Å². The molecule has 3 aliphatic rings. The van der Waals surface area contributed by atoms with Crippen molar-refractivity contribution in [3.63, 3.8) is 0 Å². The maximum absolute atomic E-state index is 10.8. The van der Waals surface area contributed by atoms with Gasteiger partial charge in [-0.15, -0.1) is 11.6 Å². The Morgan fingerprint density at radius 1 is 1.08 bits per heavy atom. The fourth-order valence-corrected chi connectivity index (χ4v) is 4.14. The van der Waals surface area contributed by atoms with E-state index in [0.717, 1.165) is 12.3 Å². The van der Waals surface area contributed by atoms with Gasteiger partial charge in [-0.25, -0.2) is 0 Å². The van der Waals surface area contributed by atoms with Crippen LogP contribution < -0.4 is 0 Å². The third kappa shape index (κ3) is 2.85. The van der Waals surface area contributed by atoms with E-state index in [0.29, 0.717) is 0 Å². The van der Waals surface area contributed by atoms with Crippen molar-refractivity contribution in [3.8, 4) is 0 Å². The summed E-state index contributed by atoms with van der Waals surface area (Å²) in [4.78, 5) is 0. The lowest BCUT2D eigenvalue weighted by atomic mass is 9.81. The van der Waals surface area contributed by atoms with Crippen molar-refractivity contribution >= 4 is 11.6 Å². The van der Waals surface area contributed by atoms with Crippen molar-refractivity contribution in [2.75, 3.05) is 6.61 Å². The van der Waals surface area contributed by atoms with Gasteiger partial charge in [0.25, 0.3) is 0 Å². The Labute approximate surface area is 153 Å². The minimum atomic E-state index is -1.97. The van der Waals surface area contributed by atoms with E-state index in [-0.39, 0.29) is 0 Å². The van der Waals surface area contributed by atoms with E-state index in [2.05, 4.69) is 0 Å². The molecule has 0 aromatic carbocycles. The summed E-state index contributed by atoms with van der Waals surface area (Å²) in [5.41, 5.74) is -3.79. The van der Waals surface area contributed by atoms with E-state index >= 15 is 0 Å². The second-order valence-corrected chi connectivity index (χ2v) is 7.55. The van der Waals surface area contributed by atoms with Gasteiger partial charge in [0.2, 0.25) is 6.29 Å². The summed E-state index contributed by atoms with van der Waals surface area (Å²) in [6.45, 7) is 0.645. The van der Waals surface area contributed by atoms with Crippen LogP contribution in [0.2, 0.25) is 0 Å². The van der Waals surface area contributed by atoms with Gasteiger partial charge in [-0.2, -0.15) is 0 Å². The molecule has 26 heavy (non-hydrogen) atoms. The van der Waals surface area contributed by atoms with Crippen LogP contribution in [0.4, 0.5) is 0 Å². The second kappa shape index (κ2) is 6.82. The van der Waals surface area contributed by atoms with Gasteiger partial charge in [-0.05, 0) is 13.0 Å². The Morgan fingerprint density at radius 3 is 2.35 bits per heavy atom. The molecule has 11 heteroatoms. The molecular weight excluding hydrogens is 376 g/mol. The van der Waals surface area contributed by atoms with Gasteiger partial charge in [0.15, 0.2) is 6.29 Å². The van der Waals surface area contributed by atoms with Crippen LogP contribution >= 0.6 is 11.6 Å². The topological polar surface area (TPSA) is 169 Å². The van der Waals surface area contributed by atoms with E-state index in [9.17, 15) is 35.7 Å². The van der Waals surface area contributed by atoms with E-state index < -0.39 is 72.2 Å². The molecule has 1 saturated carbocycles. The largest absolute Gasteiger partial charge is 0.472 e. The van der Waals surface area contributed by atoms with E-state index in [1.807, 2.05) is 0 Å². The van der Waals surface area contributed by atoms with Crippen LogP contribution in [0.1, 0.15) is 6.92 Å². The summed E-state index contributed by atoms with van der Waals surface area (Å²) >= 11 is 6.05. The summed E-state index contributed by atoms with van der Waals surface area (Å²) < 4.78 is 16.0. The van der Waals surface area contributed by atoms with Gasteiger partial charge in [0.1, 0.15) is 36.1 Å². The standard InChI is InChI=1S/C15H23ClO10/c1-14(22)9-13(24-3-2-15(9,23)11(21)10(14)16)26-12-8(20)7(19)6(18)5(4-17)25-12/h2-3,5-13,17-23H,4H2,1H3/t5-,6+,7-,8+,9+,10-,11-,12+,13+,14-,15-/m1/s1. The van der Waals surface area contributed by atoms with Crippen molar-refractivity contribution in [2.24, 2.45) is 5.92 Å². The molecule has 0 bridgehead atoms. The SMILES string of the molecule is C[C@]1(O)[C@H](Cl)[C@@H](O)[C@@]2(O)C=CO[C@@H](O[C@@H]3O[C@H](CO)[C@H](O)[C@@H](O)[C@@H]3O)[C@@H]12. The molecule has 2 aliphatic heterocycles. The highest BCUT2D eigenvalue weighted by Gasteiger charge is 2.68. The highest BCUT2D eigenvalue weighted by Crippen LogP contribution is 2.51. The van der Waals surface area contributed by atoms with Gasteiger partial charge < -0.3 is 50.0 Å². The summed E-state index contributed by atoms with van der Waals surface area (Å²) in [7, 11) is 0. The van der Waals surface area contributed by atoms with Crippen molar-refractivity contribution < 1.29 is 50.0 Å². The Hall–Kier alpha value is -0.530. The monoisotopic (exact) mass is 398 g/mol. The summed E-state index contributed by atoms with van der Waals surface area (Å²) in [5.74, 6) is -1.26. The molecule has 2 heterocycles. The van der Waals surface area contributed by atoms with Crippen LogP contribution in [0.5, 0.6) is 0 Å². The number of hydrogen-bond donors (Lipinski definition) is 7. The molecule has 150 valence electrons. The molecule has 1 aliphatic carbocycles. The number of halogens is 1. The number of aliphatic hydroxyl groups excluding tert-OH is 5. The maximum atomic E-state index is 10.8. The molecule has 1 saturated heterocycles. The van der Waals surface area contributed by atoms with Crippen molar-refractivity contribution in [2.45, 2.75) is 66.6 Å². The molecule has 0 amide bonds. The third-order valence-electron chi connectivity index (χ3n) is 5.37. The number of fused-ring (bicyclic) bond motifs is 1. The van der Waals surface area contributed by atoms with Crippen LogP contribution in [0, 0.1) is 5.92 Å². The van der Waals surface area contributed by atoms with Crippen LogP contribution in [0.15, 0.2) is 12.3 Å². The molecule has 0 spiro atoms. The van der Waals surface area contributed by atoms with Crippen LogP contribution in [0.25, 0.3) is 0 Å². The highest BCUT2D eigenvalue weighted by molar-refractivity contribution is 6.22. The minimum Gasteiger partial charge on any atom is -0.472 e. The van der Waals surface area contributed by atoms with Crippen LogP contribution in [-0.2, 0) is 14.2 Å². The molecule has 3 rings (SSSR count). The molecule has 7 N–H and O–H groups in total. The fourth-order valence-electron chi connectivity index (χ4n) is 3.80. The molecule has 2 fully saturated rings. The normalized spacial score (nSPS) is 56.9. The maximum Gasteiger partial charge on any atom is 0.210 e. The predicted molar refractivity (Wildman–Crippen MR) is 83.6 cm³/mol. The second-order valence-electron chi connectivity index (χ2n) is 7.08. The lowest BCUT2D eigenvalue weighted by molar-refractivity contribution is -0.351. The van der Waals surface area contributed by atoms with Crippen LogP contribution in [-0.4, -0.2) is 102 Å². The number of ether oxygens (including phenoxy) is 3. The number of rotatable bonds is 3. The number of aliphatic hydroxyl groups is 7. The smallest absolute Gasteiger partial charge is 0.210 e. The number of alkyl halides is 1. The van der Waals surface area contributed by atoms with Gasteiger partial charge in [-0.1, -0.05) is 0 Å². The zero-order valence-corrected chi connectivity index (χ0v) is 14.5. The summed E-state index contributed by atoms with van der Waals surface area (Å²) in [5, 5.41) is 69.4. The lowest BCUT2D eigenvalue weighted by Gasteiger charge is -2.45. The molecule has 0 aromatic heterocycles. The summed E-state index contributed by atoms with van der Waals surface area (Å²) in [6, 6.07) is 0. The molecule has 0 unspecified atom stereocenters. The first-order valence-electron chi connectivity index (χ1n) is 8.11. The fraction of sp³-hybridized carbons (Fsp3) is 0.867. The van der Waals surface area contributed by atoms with Gasteiger partial charge >= 0.3 is 0 Å². The van der Waals surface area contributed by atoms with Crippen molar-refractivity contribution in [1.29, 1.82) is 0 Å². The Kier molecular flexibility index (Phi) is 5.30. The molecule has 0 radical (unpaired) electrons. The molecule has 0 aromatic rings. The predicted octanol–water partition coefficient (Wildman–Crippen LogP) is -3.25. The Bertz CT molecular complexity index is 557. The Morgan fingerprint density at radius 2 is 1.73 bits per heavy atom. The lowest BCUT2D eigenvalue weighted by Crippen LogP contribution is -2.62. The van der Waals surface area contributed by atoms with Gasteiger partial charge in [0.05, 0.1) is 29.8 Å². The molecule has 10 nitrogen and oxygen atoms in total. The average molecular weight is 399 g/mol. The molecule has 11 atom stereocenters. The zero-order chi connectivity index (χ0) is 19.4. The van der Waals surface area contributed by atoms with E-state index in [1.165, 1.54) is 6.92 Å². The molecular formula is C15H23ClO10. The first-order valence-corrected chi connectivity index (χ1v) is 8.55. The summed E-state index contributed by atoms with van der Waals surface area (Å²) in [6.07, 6.45) is -8.42. The van der Waals surface area contributed by atoms with Gasteiger partial charge in [-0.3, -0.25) is 0 Å². The minimum absolute atomic E-state index is 0.649.